The van der Waals surface area contributed by atoms with Crippen LogP contribution in [-0.2, 0) is 6.54 Å². The molecule has 21 heavy (non-hydrogen) atoms. The molecule has 0 aliphatic rings. The highest BCUT2D eigenvalue weighted by Gasteiger charge is 2.11. The Hall–Kier alpha value is -1.31. The van der Waals surface area contributed by atoms with Gasteiger partial charge in [0, 0.05) is 13.1 Å². The van der Waals surface area contributed by atoms with Gasteiger partial charge in [-0.15, -0.1) is 11.6 Å². The number of hydrogen-bond acceptors (Lipinski definition) is 1. The van der Waals surface area contributed by atoms with Crippen molar-refractivity contribution in [1.82, 2.24) is 4.90 Å². The fraction of sp³-hybridized carbons (Fsp3) is 0.368. The van der Waals surface area contributed by atoms with E-state index in [4.69, 9.17) is 11.6 Å². The highest BCUT2D eigenvalue weighted by Crippen LogP contribution is 2.24. The highest BCUT2D eigenvalue weighted by atomic mass is 35.5. The minimum atomic E-state index is 0.0277. The van der Waals surface area contributed by atoms with Crippen molar-refractivity contribution < 1.29 is 0 Å². The zero-order valence-electron chi connectivity index (χ0n) is 13.1. The van der Waals surface area contributed by atoms with Crippen LogP contribution in [0.25, 0.3) is 0 Å². The first-order chi connectivity index (χ1) is 10.1. The van der Waals surface area contributed by atoms with Crippen molar-refractivity contribution in [2.75, 3.05) is 13.6 Å². The Balaban J connectivity index is 1.92. The summed E-state index contributed by atoms with van der Waals surface area (Å²) in [4.78, 5) is 2.27. The van der Waals surface area contributed by atoms with Crippen LogP contribution >= 0.6 is 11.6 Å². The summed E-state index contributed by atoms with van der Waals surface area (Å²) < 4.78 is 0. The molecule has 0 bridgehead atoms. The number of likely N-dealkylation sites (N-methyl/N-ethyl adjacent to an activating group) is 1. The third kappa shape index (κ3) is 4.87. The molecule has 1 nitrogen and oxygen atoms in total. The lowest BCUT2D eigenvalue weighted by Crippen LogP contribution is -2.22. The predicted molar refractivity (Wildman–Crippen MR) is 91.9 cm³/mol. The van der Waals surface area contributed by atoms with Crippen molar-refractivity contribution >= 4 is 11.6 Å². The third-order valence-electron chi connectivity index (χ3n) is 3.73. The molecule has 2 rings (SSSR count). The van der Waals surface area contributed by atoms with Crippen molar-refractivity contribution in [2.24, 2.45) is 0 Å². The lowest BCUT2D eigenvalue weighted by atomic mass is 10.0. The Morgan fingerprint density at radius 2 is 1.48 bits per heavy atom. The summed E-state index contributed by atoms with van der Waals surface area (Å²) in [6.45, 7) is 6.19. The van der Waals surface area contributed by atoms with Crippen LogP contribution in [0.4, 0.5) is 0 Å². The molecule has 1 unspecified atom stereocenters. The molecule has 0 saturated heterocycles. The fourth-order valence-electron chi connectivity index (χ4n) is 2.43. The topological polar surface area (TPSA) is 3.24 Å². The molecule has 0 spiro atoms. The minimum Gasteiger partial charge on any atom is -0.300 e. The van der Waals surface area contributed by atoms with E-state index in [-0.39, 0.29) is 5.38 Å². The summed E-state index contributed by atoms with van der Waals surface area (Å²) in [6.07, 6.45) is 0. The van der Waals surface area contributed by atoms with Gasteiger partial charge in [-0.25, -0.2) is 0 Å². The lowest BCUT2D eigenvalue weighted by molar-refractivity contribution is 0.327. The molecule has 0 fully saturated rings. The molecule has 0 N–H and O–H groups in total. The standard InChI is InChI=1S/C19H24ClN/c1-15(2)17-9-11-18(12-10-17)19(20)14-21(3)13-16-7-5-4-6-8-16/h4-12,15,19H,13-14H2,1-3H3. The van der Waals surface area contributed by atoms with Crippen LogP contribution in [0.2, 0.25) is 0 Å². The van der Waals surface area contributed by atoms with Crippen molar-refractivity contribution in [3.63, 3.8) is 0 Å². The smallest absolute Gasteiger partial charge is 0.0712 e. The molecule has 0 heterocycles. The van der Waals surface area contributed by atoms with Gasteiger partial charge in [-0.2, -0.15) is 0 Å². The summed E-state index contributed by atoms with van der Waals surface area (Å²) in [5.74, 6) is 0.563. The molecule has 0 aromatic heterocycles. The van der Waals surface area contributed by atoms with Crippen LogP contribution < -0.4 is 0 Å². The van der Waals surface area contributed by atoms with Crippen LogP contribution in [-0.4, -0.2) is 18.5 Å². The van der Waals surface area contributed by atoms with Gasteiger partial charge >= 0.3 is 0 Å². The van der Waals surface area contributed by atoms with E-state index in [0.717, 1.165) is 13.1 Å². The van der Waals surface area contributed by atoms with Gasteiger partial charge in [0.25, 0.3) is 0 Å². The molecule has 2 aromatic rings. The number of benzene rings is 2. The zero-order valence-corrected chi connectivity index (χ0v) is 13.8. The summed E-state index contributed by atoms with van der Waals surface area (Å²) in [5.41, 5.74) is 3.88. The van der Waals surface area contributed by atoms with Crippen molar-refractivity contribution in [2.45, 2.75) is 31.7 Å². The fourth-order valence-corrected chi connectivity index (χ4v) is 2.81. The van der Waals surface area contributed by atoms with Gasteiger partial charge < -0.3 is 4.90 Å². The second-order valence-corrected chi connectivity index (χ2v) is 6.50. The lowest BCUT2D eigenvalue weighted by Gasteiger charge is -2.20. The summed E-state index contributed by atoms with van der Waals surface area (Å²) >= 11 is 6.56. The van der Waals surface area contributed by atoms with Gasteiger partial charge in [-0.3, -0.25) is 0 Å². The number of nitrogens with zero attached hydrogens (tertiary/aromatic N) is 1. The number of alkyl halides is 1. The molecule has 2 aromatic carbocycles. The van der Waals surface area contributed by atoms with Crippen LogP contribution in [0.1, 0.15) is 41.8 Å². The Bertz CT molecular complexity index is 533. The van der Waals surface area contributed by atoms with Crippen LogP contribution in [0.5, 0.6) is 0 Å². The van der Waals surface area contributed by atoms with Gasteiger partial charge in [0.05, 0.1) is 5.38 Å². The van der Waals surface area contributed by atoms with E-state index in [1.807, 2.05) is 6.07 Å². The maximum absolute atomic E-state index is 6.56. The average molecular weight is 302 g/mol. The van der Waals surface area contributed by atoms with Crippen LogP contribution in [0.3, 0.4) is 0 Å². The highest BCUT2D eigenvalue weighted by molar-refractivity contribution is 6.21. The molecule has 112 valence electrons. The normalized spacial score (nSPS) is 12.9. The Kier molecular flexibility index (Phi) is 5.84. The summed E-state index contributed by atoms with van der Waals surface area (Å²) in [7, 11) is 2.12. The Labute approximate surface area is 133 Å². The van der Waals surface area contributed by atoms with Gasteiger partial charge in [-0.05, 0) is 29.7 Å². The second-order valence-electron chi connectivity index (χ2n) is 5.97. The van der Waals surface area contributed by atoms with E-state index in [2.05, 4.69) is 74.3 Å². The first kappa shape index (κ1) is 16.1. The van der Waals surface area contributed by atoms with E-state index in [1.165, 1.54) is 16.7 Å². The summed E-state index contributed by atoms with van der Waals surface area (Å²) in [6, 6.07) is 19.2. The van der Waals surface area contributed by atoms with E-state index in [9.17, 15) is 0 Å². The van der Waals surface area contributed by atoms with E-state index < -0.39 is 0 Å². The molecule has 0 aliphatic carbocycles. The van der Waals surface area contributed by atoms with E-state index in [0.29, 0.717) is 5.92 Å². The van der Waals surface area contributed by atoms with Crippen molar-refractivity contribution in [3.05, 3.63) is 71.3 Å². The molecule has 0 saturated carbocycles. The average Bonchev–Trinajstić information content (AvgIpc) is 2.48. The number of rotatable bonds is 6. The number of halogens is 1. The monoisotopic (exact) mass is 301 g/mol. The SMILES string of the molecule is CC(C)c1ccc(C(Cl)CN(C)Cc2ccccc2)cc1. The zero-order chi connectivity index (χ0) is 15.2. The maximum Gasteiger partial charge on any atom is 0.0712 e. The van der Waals surface area contributed by atoms with E-state index in [1.54, 1.807) is 0 Å². The first-order valence-electron chi connectivity index (χ1n) is 7.52. The molecular formula is C19H24ClN. The van der Waals surface area contributed by atoms with Gasteiger partial charge in [0.2, 0.25) is 0 Å². The minimum absolute atomic E-state index is 0.0277. The molecule has 2 heteroatoms. The maximum atomic E-state index is 6.56. The third-order valence-corrected chi connectivity index (χ3v) is 4.12. The Morgan fingerprint density at radius 3 is 2.05 bits per heavy atom. The number of hydrogen-bond donors (Lipinski definition) is 0. The van der Waals surface area contributed by atoms with Gasteiger partial charge in [0.1, 0.15) is 0 Å². The summed E-state index contributed by atoms with van der Waals surface area (Å²) in [5, 5.41) is 0.0277. The molecule has 1 atom stereocenters. The Morgan fingerprint density at radius 1 is 0.905 bits per heavy atom. The van der Waals surface area contributed by atoms with Crippen LogP contribution in [0, 0.1) is 0 Å². The van der Waals surface area contributed by atoms with Crippen molar-refractivity contribution in [3.8, 4) is 0 Å². The van der Waals surface area contributed by atoms with Gasteiger partial charge in [-0.1, -0.05) is 68.4 Å². The molecule has 0 aliphatic heterocycles. The largest absolute Gasteiger partial charge is 0.300 e. The molecule has 0 amide bonds. The van der Waals surface area contributed by atoms with Crippen molar-refractivity contribution in [1.29, 1.82) is 0 Å². The predicted octanol–water partition coefficient (Wildman–Crippen LogP) is 5.22. The first-order valence-corrected chi connectivity index (χ1v) is 7.96. The quantitative estimate of drug-likeness (QED) is 0.661. The van der Waals surface area contributed by atoms with Crippen LogP contribution in [0.15, 0.2) is 54.6 Å². The molecule has 0 radical (unpaired) electrons. The van der Waals surface area contributed by atoms with Gasteiger partial charge in [0.15, 0.2) is 0 Å². The molecular weight excluding hydrogens is 278 g/mol. The van der Waals surface area contributed by atoms with E-state index >= 15 is 0 Å². The second kappa shape index (κ2) is 7.63.